The van der Waals surface area contributed by atoms with Crippen molar-refractivity contribution in [1.29, 1.82) is 0 Å². The Morgan fingerprint density at radius 3 is 2.71 bits per heavy atom. The third kappa shape index (κ3) is 6.83. The summed E-state index contributed by atoms with van der Waals surface area (Å²) in [5.41, 5.74) is -0.423. The van der Waals surface area contributed by atoms with E-state index in [1.807, 2.05) is 58.2 Å². The topological polar surface area (TPSA) is 147 Å². The van der Waals surface area contributed by atoms with Gasteiger partial charge in [-0.25, -0.2) is 13.4 Å². The number of allylic oxidation sites excluding steroid dienone is 1. The lowest BCUT2D eigenvalue weighted by atomic mass is 10.0. The van der Waals surface area contributed by atoms with Gasteiger partial charge < -0.3 is 24.6 Å². The average molecular weight is 682 g/mol. The van der Waals surface area contributed by atoms with Crippen molar-refractivity contribution in [2.75, 3.05) is 31.6 Å². The monoisotopic (exact) mass is 681 g/mol. The number of amides is 3. The Bertz CT molecular complexity index is 1710. The van der Waals surface area contributed by atoms with Gasteiger partial charge >= 0.3 is 0 Å². The molecule has 1 aromatic heterocycles. The number of nitrogens with zero attached hydrogens (tertiary/aromatic N) is 3. The number of fused-ring (bicyclic) bond motifs is 3. The van der Waals surface area contributed by atoms with Crippen LogP contribution in [-0.2, 0) is 24.4 Å². The molecule has 13 heteroatoms. The van der Waals surface area contributed by atoms with Crippen LogP contribution in [0.5, 0.6) is 11.6 Å². The zero-order valence-corrected chi connectivity index (χ0v) is 29.1. The average Bonchev–Trinajstić information content (AvgIpc) is 3.98. The first-order valence-corrected chi connectivity index (χ1v) is 18.8. The molecule has 3 heterocycles. The molecule has 4 aliphatic rings. The van der Waals surface area contributed by atoms with Gasteiger partial charge in [0, 0.05) is 42.8 Å². The maximum absolute atomic E-state index is 14.1. The van der Waals surface area contributed by atoms with Crippen LogP contribution in [0.2, 0.25) is 0 Å². The first-order chi connectivity index (χ1) is 23.0. The van der Waals surface area contributed by atoms with Crippen molar-refractivity contribution < 1.29 is 32.3 Å². The molecule has 2 aromatic rings. The van der Waals surface area contributed by atoms with Gasteiger partial charge in [0.05, 0.1) is 24.0 Å². The van der Waals surface area contributed by atoms with E-state index in [0.717, 1.165) is 48.0 Å². The third-order valence-electron chi connectivity index (χ3n) is 10.1. The molecule has 2 N–H and O–H groups in total. The minimum Gasteiger partial charge on any atom is -0.489 e. The van der Waals surface area contributed by atoms with Crippen molar-refractivity contribution in [3.63, 3.8) is 0 Å². The number of rotatable bonds is 13. The molecule has 260 valence electrons. The molecule has 0 spiro atoms. The number of ether oxygens (including phenoxy) is 2. The fourth-order valence-corrected chi connectivity index (χ4v) is 8.02. The van der Waals surface area contributed by atoms with Crippen molar-refractivity contribution in [1.82, 2.24) is 19.9 Å². The number of carbonyl (C=O) groups excluding carboxylic acids is 3. The first-order valence-electron chi connectivity index (χ1n) is 17.2. The fourth-order valence-electron chi connectivity index (χ4n) is 6.66. The highest BCUT2D eigenvalue weighted by atomic mass is 32.2. The SMILES string of the molecule is CCC/C=C\[C@@H]1C[C@]1(NC(=O)[C@@H]1C[C@@H](Oc2nccc3c4c(ccc23)N(C)CCO4)CN1C(=O)C[C@@H](C)CC)C(=O)NS(=O)(=O)C1CC1. The van der Waals surface area contributed by atoms with Gasteiger partial charge in [0.1, 0.15) is 24.3 Å². The number of hydrogen-bond acceptors (Lipinski definition) is 9. The summed E-state index contributed by atoms with van der Waals surface area (Å²) in [6, 6.07) is 4.91. The number of aromatic nitrogens is 1. The second-order valence-corrected chi connectivity index (χ2v) is 15.8. The molecule has 0 unspecified atom stereocenters. The van der Waals surface area contributed by atoms with Crippen molar-refractivity contribution in [2.45, 2.75) is 95.1 Å². The second-order valence-electron chi connectivity index (χ2n) is 13.8. The molecule has 3 fully saturated rings. The van der Waals surface area contributed by atoms with Gasteiger partial charge in [-0.15, -0.1) is 0 Å². The Morgan fingerprint density at radius 2 is 1.98 bits per heavy atom. The van der Waals surface area contributed by atoms with E-state index in [-0.39, 0.29) is 43.6 Å². The Labute approximate surface area is 282 Å². The number of unbranched alkanes of at least 4 members (excludes halogenated alkanes) is 1. The lowest BCUT2D eigenvalue weighted by Gasteiger charge is -2.28. The fraction of sp³-hybridized carbons (Fsp3) is 0.600. The maximum Gasteiger partial charge on any atom is 0.259 e. The Hall–Kier alpha value is -3.87. The summed E-state index contributed by atoms with van der Waals surface area (Å²) in [4.78, 5) is 49.5. The number of benzene rings is 1. The van der Waals surface area contributed by atoms with Gasteiger partial charge in [-0.05, 0) is 49.8 Å². The number of likely N-dealkylation sites (tertiary alicyclic amines) is 1. The van der Waals surface area contributed by atoms with Gasteiger partial charge in [-0.2, -0.15) is 0 Å². The molecule has 5 atom stereocenters. The summed E-state index contributed by atoms with van der Waals surface area (Å²) in [7, 11) is -1.80. The molecule has 2 saturated carbocycles. The Kier molecular flexibility index (Phi) is 9.61. The van der Waals surface area contributed by atoms with Crippen LogP contribution >= 0.6 is 0 Å². The van der Waals surface area contributed by atoms with Crippen LogP contribution in [0.1, 0.15) is 72.1 Å². The van der Waals surface area contributed by atoms with Crippen molar-refractivity contribution in [3.8, 4) is 11.6 Å². The predicted octanol–water partition coefficient (Wildman–Crippen LogP) is 3.69. The van der Waals surface area contributed by atoms with Gasteiger partial charge in [0.2, 0.25) is 27.7 Å². The molecule has 48 heavy (non-hydrogen) atoms. The minimum absolute atomic E-state index is 0.117. The van der Waals surface area contributed by atoms with Crippen molar-refractivity contribution in [3.05, 3.63) is 36.5 Å². The van der Waals surface area contributed by atoms with E-state index in [1.54, 1.807) is 11.1 Å². The molecule has 3 amide bonds. The van der Waals surface area contributed by atoms with Crippen LogP contribution in [0.25, 0.3) is 10.8 Å². The summed E-state index contributed by atoms with van der Waals surface area (Å²) in [6.07, 6.45) is 9.24. The maximum atomic E-state index is 14.1. The summed E-state index contributed by atoms with van der Waals surface area (Å²) < 4.78 is 40.2. The minimum atomic E-state index is -3.82. The first kappa shape index (κ1) is 34.0. The molecule has 0 bridgehead atoms. The van der Waals surface area contributed by atoms with Gasteiger partial charge in [-0.3, -0.25) is 19.1 Å². The summed E-state index contributed by atoms with van der Waals surface area (Å²) in [6.45, 7) is 7.57. The second kappa shape index (κ2) is 13.6. The van der Waals surface area contributed by atoms with Gasteiger partial charge in [0.15, 0.2) is 5.75 Å². The van der Waals surface area contributed by atoms with E-state index in [9.17, 15) is 22.8 Å². The standard InChI is InChI=1S/C35H47N5O7S/c1-5-7-8-9-23-20-35(23,34(43)38-48(44,45)25-10-11-25)37-32(42)29-19-24(21-40(29)30(41)18-22(3)6-2)47-33-27-12-13-28-31(26(27)14-15-36-33)46-17-16-39(28)4/h8-9,12-15,22-25,29H,5-7,10-11,16-21H2,1-4H3,(H,37,42)(H,38,43)/b9-8-/t22-,23+,24+,29-,35+/m0/s1. The van der Waals surface area contributed by atoms with E-state index >= 15 is 0 Å². The number of hydrogen-bond donors (Lipinski definition) is 2. The Morgan fingerprint density at radius 1 is 1.19 bits per heavy atom. The van der Waals surface area contributed by atoms with Crippen LogP contribution in [0.3, 0.4) is 0 Å². The molecule has 2 aliphatic heterocycles. The van der Waals surface area contributed by atoms with E-state index in [1.165, 1.54) is 0 Å². The largest absolute Gasteiger partial charge is 0.489 e. The number of pyridine rings is 1. The smallest absolute Gasteiger partial charge is 0.259 e. The van der Waals surface area contributed by atoms with E-state index < -0.39 is 44.8 Å². The van der Waals surface area contributed by atoms with Crippen LogP contribution in [0.15, 0.2) is 36.5 Å². The lowest BCUT2D eigenvalue weighted by molar-refractivity contribution is -0.140. The lowest BCUT2D eigenvalue weighted by Crippen LogP contribution is -2.56. The third-order valence-corrected chi connectivity index (χ3v) is 11.9. The Balaban J connectivity index is 1.25. The highest BCUT2D eigenvalue weighted by Crippen LogP contribution is 2.46. The van der Waals surface area contributed by atoms with Crippen molar-refractivity contribution in [2.24, 2.45) is 11.8 Å². The normalized spacial score (nSPS) is 25.8. The zero-order chi connectivity index (χ0) is 34.2. The van der Waals surface area contributed by atoms with Crippen LogP contribution < -0.4 is 24.4 Å². The molecular formula is C35H47N5O7S. The highest BCUT2D eigenvalue weighted by molar-refractivity contribution is 7.91. The highest BCUT2D eigenvalue weighted by Gasteiger charge is 2.62. The van der Waals surface area contributed by atoms with Crippen LogP contribution in [-0.4, -0.2) is 85.7 Å². The molecule has 0 radical (unpaired) electrons. The molecule has 6 rings (SSSR count). The van der Waals surface area contributed by atoms with E-state index in [4.69, 9.17) is 9.47 Å². The summed E-state index contributed by atoms with van der Waals surface area (Å²) in [5, 5.41) is 3.97. The molecular weight excluding hydrogens is 634 g/mol. The van der Waals surface area contributed by atoms with Gasteiger partial charge in [0.25, 0.3) is 5.91 Å². The molecule has 1 aromatic carbocycles. The number of nitrogens with one attached hydrogen (secondary N) is 2. The zero-order valence-electron chi connectivity index (χ0n) is 28.2. The number of anilines is 1. The van der Waals surface area contributed by atoms with Crippen LogP contribution in [0, 0.1) is 11.8 Å². The van der Waals surface area contributed by atoms with Crippen molar-refractivity contribution >= 4 is 44.2 Å². The molecule has 1 saturated heterocycles. The molecule has 2 aliphatic carbocycles. The predicted molar refractivity (Wildman–Crippen MR) is 182 cm³/mol. The molecule has 12 nitrogen and oxygen atoms in total. The van der Waals surface area contributed by atoms with Gasteiger partial charge in [-0.1, -0.05) is 45.8 Å². The summed E-state index contributed by atoms with van der Waals surface area (Å²) in [5.74, 6) is -0.483. The quantitative estimate of drug-likeness (QED) is 0.302. The number of carbonyl (C=O) groups is 3. The number of sulfonamides is 1. The van der Waals surface area contributed by atoms with Crippen LogP contribution in [0.4, 0.5) is 5.69 Å². The van der Waals surface area contributed by atoms with E-state index in [0.29, 0.717) is 25.3 Å². The van der Waals surface area contributed by atoms with E-state index in [2.05, 4.69) is 19.9 Å². The number of likely N-dealkylation sites (N-methyl/N-ethyl adjacent to an activating group) is 1. The summed E-state index contributed by atoms with van der Waals surface area (Å²) >= 11 is 0.